The number of anilines is 1. The average molecular weight is 383 g/mol. The summed E-state index contributed by atoms with van der Waals surface area (Å²) < 4.78 is 6.07. The lowest BCUT2D eigenvalue weighted by molar-refractivity contribution is -0.116. The molecule has 2 aromatic carbocycles. The third kappa shape index (κ3) is 4.58. The molecule has 0 saturated carbocycles. The number of aryl methyl sites for hydroxylation is 2. The summed E-state index contributed by atoms with van der Waals surface area (Å²) >= 11 is 0. The van der Waals surface area contributed by atoms with Crippen LogP contribution in [0.4, 0.5) is 5.82 Å². The Labute approximate surface area is 169 Å². The minimum Gasteiger partial charge on any atom is -0.440 e. The lowest BCUT2D eigenvalue weighted by Crippen LogP contribution is -2.13. The second-order valence-electron chi connectivity index (χ2n) is 6.78. The van der Waals surface area contributed by atoms with Crippen molar-refractivity contribution < 1.29 is 9.21 Å². The summed E-state index contributed by atoms with van der Waals surface area (Å²) in [6, 6.07) is 23.5. The fourth-order valence-electron chi connectivity index (χ4n) is 3.08. The summed E-state index contributed by atoms with van der Waals surface area (Å²) in [6.45, 7) is 1.96. The van der Waals surface area contributed by atoms with Gasteiger partial charge >= 0.3 is 0 Å². The number of hydrogen-bond acceptors (Lipinski definition) is 4. The Bertz CT molecular complexity index is 1050. The molecule has 2 heterocycles. The number of hydrogen-bond donors (Lipinski definition) is 1. The summed E-state index contributed by atoms with van der Waals surface area (Å²) in [4.78, 5) is 21.2. The van der Waals surface area contributed by atoms with Crippen LogP contribution in [0.2, 0.25) is 0 Å². The third-order valence-electron chi connectivity index (χ3n) is 4.50. The molecule has 0 fully saturated rings. The van der Waals surface area contributed by atoms with E-state index in [-0.39, 0.29) is 12.3 Å². The number of rotatable bonds is 6. The highest BCUT2D eigenvalue weighted by molar-refractivity contribution is 5.89. The Morgan fingerprint density at radius 1 is 0.966 bits per heavy atom. The molecule has 0 atom stereocenters. The largest absolute Gasteiger partial charge is 0.440 e. The molecular formula is C24H21N3O2. The zero-order valence-corrected chi connectivity index (χ0v) is 16.1. The van der Waals surface area contributed by atoms with Gasteiger partial charge in [-0.25, -0.2) is 9.97 Å². The Morgan fingerprint density at radius 2 is 1.66 bits per heavy atom. The minimum atomic E-state index is -0.121. The number of carbonyl (C=O) groups excluding carboxylic acids is 1. The summed E-state index contributed by atoms with van der Waals surface area (Å²) in [5, 5.41) is 2.82. The molecule has 0 aliphatic carbocycles. The Kier molecular flexibility index (Phi) is 5.47. The van der Waals surface area contributed by atoms with Crippen LogP contribution in [0.25, 0.3) is 22.6 Å². The quantitative estimate of drug-likeness (QED) is 0.492. The minimum absolute atomic E-state index is 0.121. The van der Waals surface area contributed by atoms with E-state index in [0.717, 1.165) is 22.4 Å². The maximum Gasteiger partial charge on any atom is 0.226 e. The fourth-order valence-corrected chi connectivity index (χ4v) is 3.08. The number of oxazole rings is 1. The van der Waals surface area contributed by atoms with Crippen molar-refractivity contribution in [2.45, 2.75) is 19.8 Å². The van der Waals surface area contributed by atoms with E-state index in [1.807, 2.05) is 79.7 Å². The van der Waals surface area contributed by atoms with Gasteiger partial charge < -0.3 is 9.73 Å². The number of carbonyl (C=O) groups is 1. The molecule has 4 aromatic rings. The van der Waals surface area contributed by atoms with Gasteiger partial charge in [-0.05, 0) is 24.6 Å². The maximum absolute atomic E-state index is 12.3. The molecule has 144 valence electrons. The third-order valence-corrected chi connectivity index (χ3v) is 4.50. The molecule has 4 rings (SSSR count). The van der Waals surface area contributed by atoms with Gasteiger partial charge in [0.1, 0.15) is 11.5 Å². The van der Waals surface area contributed by atoms with Crippen molar-refractivity contribution >= 4 is 11.7 Å². The van der Waals surface area contributed by atoms with Crippen molar-refractivity contribution in [1.29, 1.82) is 0 Å². The van der Waals surface area contributed by atoms with Crippen LogP contribution in [0, 0.1) is 6.92 Å². The fraction of sp³-hybridized carbons (Fsp3) is 0.125. The number of aromatic nitrogens is 2. The van der Waals surface area contributed by atoms with E-state index < -0.39 is 0 Å². The molecule has 0 radical (unpaired) electrons. The zero-order valence-electron chi connectivity index (χ0n) is 16.1. The van der Waals surface area contributed by atoms with Crippen LogP contribution in [-0.2, 0) is 11.2 Å². The van der Waals surface area contributed by atoms with E-state index in [1.54, 1.807) is 6.20 Å². The molecule has 0 aliphatic rings. The summed E-state index contributed by atoms with van der Waals surface area (Å²) in [6.07, 6.45) is 2.35. The molecule has 1 N–H and O–H groups in total. The van der Waals surface area contributed by atoms with Crippen LogP contribution in [-0.4, -0.2) is 15.9 Å². The van der Waals surface area contributed by atoms with Crippen LogP contribution in [0.5, 0.6) is 0 Å². The van der Waals surface area contributed by atoms with Gasteiger partial charge in [-0.15, -0.1) is 0 Å². The van der Waals surface area contributed by atoms with Crippen LogP contribution < -0.4 is 5.32 Å². The Balaban J connectivity index is 1.53. The van der Waals surface area contributed by atoms with Crippen molar-refractivity contribution in [3.05, 3.63) is 90.4 Å². The first-order chi connectivity index (χ1) is 14.2. The number of amides is 1. The van der Waals surface area contributed by atoms with Gasteiger partial charge in [0.25, 0.3) is 0 Å². The molecule has 5 nitrogen and oxygen atoms in total. The van der Waals surface area contributed by atoms with E-state index in [9.17, 15) is 4.79 Å². The number of nitrogens with one attached hydrogen (secondary N) is 1. The smallest absolute Gasteiger partial charge is 0.226 e. The molecule has 0 spiro atoms. The molecule has 2 aromatic heterocycles. The highest BCUT2D eigenvalue weighted by Crippen LogP contribution is 2.32. The van der Waals surface area contributed by atoms with Crippen LogP contribution >= 0.6 is 0 Å². The van der Waals surface area contributed by atoms with Gasteiger partial charge in [0.05, 0.1) is 0 Å². The summed E-state index contributed by atoms with van der Waals surface area (Å²) in [5.41, 5.74) is 3.77. The summed E-state index contributed by atoms with van der Waals surface area (Å²) in [5.74, 6) is 1.68. The van der Waals surface area contributed by atoms with E-state index >= 15 is 0 Å². The Morgan fingerprint density at radius 3 is 2.34 bits per heavy atom. The van der Waals surface area contributed by atoms with E-state index in [1.165, 1.54) is 0 Å². The molecule has 0 unspecified atom stereocenters. The number of pyridine rings is 1. The van der Waals surface area contributed by atoms with Gasteiger partial charge in [-0.3, -0.25) is 4.79 Å². The van der Waals surface area contributed by atoms with E-state index in [0.29, 0.717) is 23.9 Å². The standard InChI is InChI=1S/C24H21N3O2/c1-17-14-15-25-20(16-17)26-21(28)12-13-22-27-23(18-8-4-2-5-9-18)24(29-22)19-10-6-3-7-11-19/h2-11,14-16H,12-13H2,1H3,(H,25,26,28). The lowest BCUT2D eigenvalue weighted by atomic mass is 10.1. The van der Waals surface area contributed by atoms with Crippen molar-refractivity contribution in [3.63, 3.8) is 0 Å². The SMILES string of the molecule is Cc1ccnc(NC(=O)CCc2nc(-c3ccccc3)c(-c3ccccc3)o2)c1. The molecule has 29 heavy (non-hydrogen) atoms. The first-order valence-electron chi connectivity index (χ1n) is 9.52. The molecule has 0 bridgehead atoms. The summed E-state index contributed by atoms with van der Waals surface area (Å²) in [7, 11) is 0. The second kappa shape index (κ2) is 8.52. The van der Waals surface area contributed by atoms with Gasteiger partial charge in [-0.1, -0.05) is 60.7 Å². The van der Waals surface area contributed by atoms with Crippen molar-refractivity contribution in [2.24, 2.45) is 0 Å². The normalized spacial score (nSPS) is 10.7. The van der Waals surface area contributed by atoms with Gasteiger partial charge in [0.2, 0.25) is 5.91 Å². The molecule has 5 heteroatoms. The predicted octanol–water partition coefficient (Wildman–Crippen LogP) is 5.28. The van der Waals surface area contributed by atoms with Gasteiger partial charge in [0, 0.05) is 30.2 Å². The van der Waals surface area contributed by atoms with Gasteiger partial charge in [0.15, 0.2) is 11.7 Å². The van der Waals surface area contributed by atoms with E-state index in [4.69, 9.17) is 4.42 Å². The first kappa shape index (κ1) is 18.6. The molecule has 0 saturated heterocycles. The maximum atomic E-state index is 12.3. The van der Waals surface area contributed by atoms with Crippen LogP contribution in [0.3, 0.4) is 0 Å². The van der Waals surface area contributed by atoms with E-state index in [2.05, 4.69) is 15.3 Å². The van der Waals surface area contributed by atoms with Gasteiger partial charge in [-0.2, -0.15) is 0 Å². The number of benzene rings is 2. The molecule has 0 aliphatic heterocycles. The van der Waals surface area contributed by atoms with Crippen molar-refractivity contribution in [1.82, 2.24) is 9.97 Å². The monoisotopic (exact) mass is 383 g/mol. The number of nitrogens with zero attached hydrogens (tertiary/aromatic N) is 2. The predicted molar refractivity (Wildman–Crippen MR) is 113 cm³/mol. The molecule has 1 amide bonds. The highest BCUT2D eigenvalue weighted by Gasteiger charge is 2.17. The topological polar surface area (TPSA) is 68.0 Å². The molecular weight excluding hydrogens is 362 g/mol. The average Bonchev–Trinajstić information content (AvgIpc) is 3.18. The lowest BCUT2D eigenvalue weighted by Gasteiger charge is -2.03. The van der Waals surface area contributed by atoms with Crippen LogP contribution in [0.1, 0.15) is 17.9 Å². The second-order valence-corrected chi connectivity index (χ2v) is 6.78. The highest BCUT2D eigenvalue weighted by atomic mass is 16.4. The first-order valence-corrected chi connectivity index (χ1v) is 9.52. The van der Waals surface area contributed by atoms with Crippen molar-refractivity contribution in [2.75, 3.05) is 5.32 Å². The van der Waals surface area contributed by atoms with Crippen molar-refractivity contribution in [3.8, 4) is 22.6 Å². The zero-order chi connectivity index (χ0) is 20.1. The Hall–Kier alpha value is -3.73. The van der Waals surface area contributed by atoms with Crippen LogP contribution in [0.15, 0.2) is 83.4 Å².